The normalized spacial score (nSPS) is 31.4. The molecule has 3 heterocycles. The number of benzene rings is 1. The molecule has 11 heteroatoms. The third kappa shape index (κ3) is 6.08. The number of aromatic nitrogens is 2. The van der Waals surface area contributed by atoms with Crippen molar-refractivity contribution in [3.8, 4) is 11.6 Å². The van der Waals surface area contributed by atoms with Gasteiger partial charge in [-0.15, -0.1) is 0 Å². The van der Waals surface area contributed by atoms with Crippen LogP contribution in [0.25, 0.3) is 11.0 Å². The summed E-state index contributed by atoms with van der Waals surface area (Å²) in [5, 5.41) is 12.9. The molecular weight excluding hydrogens is 552 g/mol. The molecule has 0 spiro atoms. The lowest BCUT2D eigenvalue weighted by Gasteiger charge is -2.35. The van der Waals surface area contributed by atoms with Gasteiger partial charge in [-0.05, 0) is 67.4 Å². The van der Waals surface area contributed by atoms with Crippen LogP contribution in [-0.4, -0.2) is 75.9 Å². The van der Waals surface area contributed by atoms with Gasteiger partial charge in [0.1, 0.15) is 35.7 Å². The Labute approximate surface area is 251 Å². The van der Waals surface area contributed by atoms with Crippen LogP contribution in [-0.2, 0) is 20.7 Å². The minimum Gasteiger partial charge on any atom is -0.497 e. The van der Waals surface area contributed by atoms with Gasteiger partial charge in [0.2, 0.25) is 11.8 Å². The highest BCUT2D eigenvalue weighted by atomic mass is 16.6. The van der Waals surface area contributed by atoms with E-state index in [-0.39, 0.29) is 19.1 Å². The molecule has 2 aliphatic heterocycles. The van der Waals surface area contributed by atoms with E-state index in [0.29, 0.717) is 41.3 Å². The van der Waals surface area contributed by atoms with Gasteiger partial charge in [-0.1, -0.05) is 33.6 Å². The van der Waals surface area contributed by atoms with Crippen molar-refractivity contribution in [2.45, 2.75) is 96.4 Å². The van der Waals surface area contributed by atoms with Crippen molar-refractivity contribution in [1.29, 1.82) is 0 Å². The first kappa shape index (κ1) is 29.4. The van der Waals surface area contributed by atoms with Gasteiger partial charge >= 0.3 is 12.1 Å². The summed E-state index contributed by atoms with van der Waals surface area (Å²) in [6.07, 6.45) is 5.31. The lowest BCUT2D eigenvalue weighted by Crippen LogP contribution is -2.57. The fourth-order valence-corrected chi connectivity index (χ4v) is 7.26. The van der Waals surface area contributed by atoms with Crippen LogP contribution in [0.1, 0.15) is 71.4 Å². The quantitative estimate of drug-likeness (QED) is 0.519. The zero-order valence-corrected chi connectivity index (χ0v) is 25.4. The molecule has 2 bridgehead atoms. The minimum absolute atomic E-state index is 0.0461. The number of aryl methyl sites for hydroxylation is 1. The molecule has 0 radical (unpaired) electrons. The second kappa shape index (κ2) is 11.5. The molecule has 6 rings (SSSR count). The Kier molecular flexibility index (Phi) is 7.85. The van der Waals surface area contributed by atoms with E-state index >= 15 is 0 Å². The Morgan fingerprint density at radius 3 is 2.60 bits per heavy atom. The van der Waals surface area contributed by atoms with Gasteiger partial charge in [0.05, 0.1) is 24.7 Å². The van der Waals surface area contributed by atoms with Gasteiger partial charge < -0.3 is 29.5 Å². The fourth-order valence-electron chi connectivity index (χ4n) is 7.26. The summed E-state index contributed by atoms with van der Waals surface area (Å²) >= 11 is 0. The smallest absolute Gasteiger partial charge is 0.408 e. The van der Waals surface area contributed by atoms with Crippen molar-refractivity contribution in [1.82, 2.24) is 20.2 Å². The average molecular weight is 595 g/mol. The van der Waals surface area contributed by atoms with Gasteiger partial charge in [-0.25, -0.2) is 19.6 Å². The summed E-state index contributed by atoms with van der Waals surface area (Å²) in [5.74, 6) is 0.950. The van der Waals surface area contributed by atoms with Gasteiger partial charge in [0, 0.05) is 12.5 Å². The number of ether oxygens (including phenoxy) is 3. The van der Waals surface area contributed by atoms with Crippen molar-refractivity contribution in [2.75, 3.05) is 13.7 Å². The molecule has 1 aromatic carbocycles. The van der Waals surface area contributed by atoms with E-state index in [9.17, 15) is 19.5 Å². The third-order valence-electron chi connectivity index (χ3n) is 9.64. The Bertz CT molecular complexity index is 1410. The first-order valence-corrected chi connectivity index (χ1v) is 15.5. The van der Waals surface area contributed by atoms with Gasteiger partial charge in [-0.2, -0.15) is 0 Å². The Morgan fingerprint density at radius 1 is 1.05 bits per heavy atom. The molecule has 2 aliphatic carbocycles. The molecule has 3 fully saturated rings. The van der Waals surface area contributed by atoms with Crippen molar-refractivity contribution >= 4 is 29.0 Å². The van der Waals surface area contributed by atoms with Crippen LogP contribution in [0.4, 0.5) is 4.79 Å². The minimum atomic E-state index is -1.12. The number of amides is 2. The Hall–Kier alpha value is -3.63. The van der Waals surface area contributed by atoms with Gasteiger partial charge in [-0.3, -0.25) is 4.79 Å². The van der Waals surface area contributed by atoms with E-state index in [4.69, 9.17) is 24.2 Å². The van der Waals surface area contributed by atoms with Gasteiger partial charge in [0.25, 0.3) is 0 Å². The maximum absolute atomic E-state index is 14.0. The van der Waals surface area contributed by atoms with Crippen LogP contribution in [0.15, 0.2) is 18.2 Å². The van der Waals surface area contributed by atoms with Crippen molar-refractivity contribution in [3.05, 3.63) is 23.9 Å². The maximum Gasteiger partial charge on any atom is 0.408 e. The molecule has 7 atom stereocenters. The second-order valence-electron chi connectivity index (χ2n) is 13.7. The molecule has 2 aromatic rings. The summed E-state index contributed by atoms with van der Waals surface area (Å²) in [6, 6.07) is 3.43. The van der Waals surface area contributed by atoms with Crippen LogP contribution in [0.5, 0.6) is 11.6 Å². The summed E-state index contributed by atoms with van der Waals surface area (Å²) in [7, 11) is 1.59. The number of methoxy groups -OCH3 is 1. The summed E-state index contributed by atoms with van der Waals surface area (Å²) in [5.41, 5.74) is 1.38. The molecule has 2 saturated carbocycles. The van der Waals surface area contributed by atoms with Crippen molar-refractivity contribution in [3.63, 3.8) is 0 Å². The van der Waals surface area contributed by atoms with E-state index in [1.165, 1.54) is 11.3 Å². The predicted molar refractivity (Wildman–Crippen MR) is 157 cm³/mol. The molecular formula is C32H42N4O7. The van der Waals surface area contributed by atoms with Crippen LogP contribution in [0.2, 0.25) is 0 Å². The first-order valence-electron chi connectivity index (χ1n) is 15.5. The zero-order chi connectivity index (χ0) is 30.5. The number of hydrogen-bond donors (Lipinski definition) is 2. The van der Waals surface area contributed by atoms with E-state index in [1.807, 2.05) is 32.9 Å². The fraction of sp³-hybridized carbons (Fsp3) is 0.656. The SMILES string of the molecule is COc1ccc2nc3c(nc2c1)O[C@@H]1C[C@@H](C(=O)O)N(C1)C(=O)[C@H](C(C)(C)C)NC(=O)O[C@@H]1CC2C[C@@H]2[C@H]1CCCCC3. The molecule has 1 unspecified atom stereocenters. The van der Waals surface area contributed by atoms with Crippen molar-refractivity contribution < 1.29 is 33.7 Å². The second-order valence-corrected chi connectivity index (χ2v) is 13.7. The Morgan fingerprint density at radius 2 is 1.86 bits per heavy atom. The molecule has 2 amide bonds. The number of carbonyl (C=O) groups is 3. The largest absolute Gasteiger partial charge is 0.497 e. The molecule has 2 N–H and O–H groups in total. The van der Waals surface area contributed by atoms with Crippen molar-refractivity contribution in [2.24, 2.45) is 23.2 Å². The standard InChI is InChI=1S/C32H42N4O7/c1-32(2,3)27-29(37)36-16-19(15-25(36)30(38)39)42-28-23(33-22-11-10-18(41-4)14-24(22)34-28)9-7-5-6-8-20-21-12-17(21)13-26(20)43-31(40)35-27/h10-11,14,17,19-21,25-27H,5-9,12-13,15-16H2,1-4H3,(H,35,40)(H,38,39)/t17?,19-,20-,21+,25+,26-,27-/m1/s1. The number of hydrogen-bond acceptors (Lipinski definition) is 8. The van der Waals surface area contributed by atoms with Crippen LogP contribution < -0.4 is 14.8 Å². The number of nitrogens with zero attached hydrogens (tertiary/aromatic N) is 3. The number of fused-ring (bicyclic) bond motifs is 7. The highest BCUT2D eigenvalue weighted by Gasteiger charge is 2.54. The zero-order valence-electron chi connectivity index (χ0n) is 25.4. The molecule has 1 aromatic heterocycles. The number of rotatable bonds is 2. The molecule has 11 nitrogen and oxygen atoms in total. The summed E-state index contributed by atoms with van der Waals surface area (Å²) in [4.78, 5) is 50.5. The van der Waals surface area contributed by atoms with Crippen LogP contribution >= 0.6 is 0 Å². The van der Waals surface area contributed by atoms with E-state index < -0.39 is 41.6 Å². The molecule has 4 aliphatic rings. The number of aliphatic carboxylic acids is 1. The first-order chi connectivity index (χ1) is 20.5. The topological polar surface area (TPSA) is 140 Å². The number of alkyl carbamates (subject to hydrolysis) is 1. The third-order valence-corrected chi connectivity index (χ3v) is 9.64. The molecule has 43 heavy (non-hydrogen) atoms. The monoisotopic (exact) mass is 594 g/mol. The predicted octanol–water partition coefficient (Wildman–Crippen LogP) is 4.35. The number of nitrogens with one attached hydrogen (secondary N) is 1. The molecule has 1 saturated heterocycles. The lowest BCUT2D eigenvalue weighted by atomic mass is 9.85. The summed E-state index contributed by atoms with van der Waals surface area (Å²) in [6.45, 7) is 5.59. The van der Waals surface area contributed by atoms with E-state index in [1.54, 1.807) is 13.2 Å². The van der Waals surface area contributed by atoms with Crippen LogP contribution in [0, 0.1) is 23.2 Å². The molecule has 232 valence electrons. The Balaban J connectivity index is 1.33. The lowest BCUT2D eigenvalue weighted by molar-refractivity contribution is -0.150. The summed E-state index contributed by atoms with van der Waals surface area (Å²) < 4.78 is 17.7. The average Bonchev–Trinajstić information content (AvgIpc) is 3.44. The van der Waals surface area contributed by atoms with E-state index in [2.05, 4.69) is 5.32 Å². The van der Waals surface area contributed by atoms with Gasteiger partial charge in [0.15, 0.2) is 0 Å². The maximum atomic E-state index is 14.0. The number of carbonyl (C=O) groups excluding carboxylic acids is 2. The number of carboxylic acids is 1. The van der Waals surface area contributed by atoms with E-state index in [0.717, 1.165) is 43.3 Å². The highest BCUT2D eigenvalue weighted by molar-refractivity contribution is 5.90. The highest BCUT2D eigenvalue weighted by Crippen LogP contribution is 2.57. The number of carboxylic acid groups (broad SMARTS) is 1. The van der Waals surface area contributed by atoms with Crippen LogP contribution in [0.3, 0.4) is 0 Å².